The minimum Gasteiger partial charge on any atom is -0.373 e. The van der Waals surface area contributed by atoms with Crippen LogP contribution in [0.3, 0.4) is 0 Å². The van der Waals surface area contributed by atoms with E-state index < -0.39 is 0 Å². The van der Waals surface area contributed by atoms with Crippen molar-refractivity contribution in [1.29, 1.82) is 0 Å². The fraction of sp³-hybridized carbons (Fsp3) is 0.333. The van der Waals surface area contributed by atoms with Crippen LogP contribution in [0, 0.1) is 0 Å². The molecule has 0 saturated carbocycles. The molecule has 1 atom stereocenters. The fourth-order valence-corrected chi connectivity index (χ4v) is 2.80. The Hall–Kier alpha value is -2.54. The lowest BCUT2D eigenvalue weighted by atomic mass is 10.2. The number of hydrogen-bond acceptors (Lipinski definition) is 6. The van der Waals surface area contributed by atoms with Gasteiger partial charge >= 0.3 is 0 Å². The Morgan fingerprint density at radius 2 is 2.14 bits per heavy atom. The van der Waals surface area contributed by atoms with Crippen LogP contribution >= 0.6 is 0 Å². The normalized spacial score (nSPS) is 18.7. The van der Waals surface area contributed by atoms with Crippen LogP contribution in [-0.2, 0) is 11.3 Å². The Balaban J connectivity index is 1.58. The SMILES string of the molecule is c1ccc2c(N3CCO[C@H](Cn4cncn4)C3)ncnc2c1. The number of aromatic nitrogens is 5. The summed E-state index contributed by atoms with van der Waals surface area (Å²) in [6.07, 6.45) is 4.95. The van der Waals surface area contributed by atoms with Crippen molar-refractivity contribution in [3.05, 3.63) is 43.2 Å². The number of nitrogens with zero attached hydrogens (tertiary/aromatic N) is 6. The van der Waals surface area contributed by atoms with E-state index in [1.165, 1.54) is 0 Å². The Kier molecular flexibility index (Phi) is 3.40. The van der Waals surface area contributed by atoms with Gasteiger partial charge in [0.25, 0.3) is 0 Å². The maximum absolute atomic E-state index is 5.84. The fourth-order valence-electron chi connectivity index (χ4n) is 2.80. The quantitative estimate of drug-likeness (QED) is 0.721. The summed E-state index contributed by atoms with van der Waals surface area (Å²) in [4.78, 5) is 15.0. The van der Waals surface area contributed by atoms with Gasteiger partial charge in [-0.05, 0) is 12.1 Å². The molecule has 7 heteroatoms. The first kappa shape index (κ1) is 13.1. The van der Waals surface area contributed by atoms with E-state index in [1.54, 1.807) is 23.7 Å². The lowest BCUT2D eigenvalue weighted by Crippen LogP contribution is -2.44. The molecule has 0 bridgehead atoms. The van der Waals surface area contributed by atoms with Crippen LogP contribution < -0.4 is 4.90 Å². The Labute approximate surface area is 127 Å². The molecule has 0 radical (unpaired) electrons. The number of para-hydroxylation sites is 1. The van der Waals surface area contributed by atoms with Crippen LogP contribution in [0.1, 0.15) is 0 Å². The summed E-state index contributed by atoms with van der Waals surface area (Å²) in [6.45, 7) is 2.98. The van der Waals surface area contributed by atoms with Crippen LogP contribution in [-0.4, -0.2) is 50.5 Å². The molecule has 4 rings (SSSR count). The van der Waals surface area contributed by atoms with Gasteiger partial charge in [-0.1, -0.05) is 12.1 Å². The second-order valence-corrected chi connectivity index (χ2v) is 5.27. The molecule has 0 N–H and O–H groups in total. The minimum atomic E-state index is 0.0733. The Bertz CT molecular complexity index is 754. The average molecular weight is 296 g/mol. The summed E-state index contributed by atoms with van der Waals surface area (Å²) in [5.41, 5.74) is 0.965. The molecule has 22 heavy (non-hydrogen) atoms. The first-order chi connectivity index (χ1) is 10.9. The number of ether oxygens (including phenoxy) is 1. The molecule has 0 unspecified atom stereocenters. The molecule has 3 heterocycles. The highest BCUT2D eigenvalue weighted by atomic mass is 16.5. The van der Waals surface area contributed by atoms with E-state index in [0.29, 0.717) is 13.2 Å². The smallest absolute Gasteiger partial charge is 0.140 e. The first-order valence-corrected chi connectivity index (χ1v) is 7.29. The van der Waals surface area contributed by atoms with Crippen molar-refractivity contribution in [2.75, 3.05) is 24.6 Å². The number of rotatable bonds is 3. The highest BCUT2D eigenvalue weighted by Gasteiger charge is 2.23. The molecule has 0 amide bonds. The van der Waals surface area contributed by atoms with Gasteiger partial charge in [0.1, 0.15) is 24.8 Å². The summed E-state index contributed by atoms with van der Waals surface area (Å²) in [7, 11) is 0. The monoisotopic (exact) mass is 296 g/mol. The van der Waals surface area contributed by atoms with Crippen molar-refractivity contribution in [2.24, 2.45) is 0 Å². The number of anilines is 1. The van der Waals surface area contributed by atoms with Crippen LogP contribution in [0.5, 0.6) is 0 Å². The van der Waals surface area contributed by atoms with Gasteiger partial charge in [-0.15, -0.1) is 0 Å². The number of hydrogen-bond donors (Lipinski definition) is 0. The molecule has 2 aromatic heterocycles. The van der Waals surface area contributed by atoms with Gasteiger partial charge in [0.15, 0.2) is 0 Å². The molecule has 1 aliphatic heterocycles. The van der Waals surface area contributed by atoms with E-state index in [4.69, 9.17) is 4.74 Å². The molecule has 0 aliphatic carbocycles. The molecule has 0 spiro atoms. The van der Waals surface area contributed by atoms with E-state index >= 15 is 0 Å². The third kappa shape index (κ3) is 2.50. The minimum absolute atomic E-state index is 0.0733. The van der Waals surface area contributed by atoms with Gasteiger partial charge in [0, 0.05) is 18.5 Å². The van der Waals surface area contributed by atoms with Crippen molar-refractivity contribution >= 4 is 16.7 Å². The molecular weight excluding hydrogens is 280 g/mol. The Morgan fingerprint density at radius 1 is 1.18 bits per heavy atom. The number of morpholine rings is 1. The summed E-state index contributed by atoms with van der Waals surface area (Å²) in [6, 6.07) is 8.08. The number of fused-ring (bicyclic) bond motifs is 1. The largest absolute Gasteiger partial charge is 0.373 e. The lowest BCUT2D eigenvalue weighted by Gasteiger charge is -2.34. The van der Waals surface area contributed by atoms with Gasteiger partial charge in [-0.3, -0.25) is 4.68 Å². The molecule has 1 saturated heterocycles. The molecular formula is C15H16N6O. The van der Waals surface area contributed by atoms with Gasteiger partial charge in [-0.2, -0.15) is 5.10 Å². The summed E-state index contributed by atoms with van der Waals surface area (Å²) < 4.78 is 7.64. The van der Waals surface area contributed by atoms with Gasteiger partial charge in [0.2, 0.25) is 0 Å². The Morgan fingerprint density at radius 3 is 3.05 bits per heavy atom. The predicted molar refractivity (Wildman–Crippen MR) is 81.5 cm³/mol. The van der Waals surface area contributed by atoms with Crippen LogP contribution in [0.4, 0.5) is 5.82 Å². The number of benzene rings is 1. The molecule has 112 valence electrons. The molecule has 1 aromatic carbocycles. The second kappa shape index (κ2) is 5.69. The third-order valence-corrected chi connectivity index (χ3v) is 3.82. The van der Waals surface area contributed by atoms with Gasteiger partial charge in [-0.25, -0.2) is 15.0 Å². The molecule has 1 aliphatic rings. The van der Waals surface area contributed by atoms with E-state index in [2.05, 4.69) is 31.0 Å². The summed E-state index contributed by atoms with van der Waals surface area (Å²) in [5.74, 6) is 0.970. The summed E-state index contributed by atoms with van der Waals surface area (Å²) >= 11 is 0. The zero-order valence-electron chi connectivity index (χ0n) is 12.0. The van der Waals surface area contributed by atoms with E-state index in [1.807, 2.05) is 18.2 Å². The van der Waals surface area contributed by atoms with Crippen molar-refractivity contribution in [1.82, 2.24) is 24.7 Å². The van der Waals surface area contributed by atoms with E-state index in [9.17, 15) is 0 Å². The van der Waals surface area contributed by atoms with Gasteiger partial charge < -0.3 is 9.64 Å². The van der Waals surface area contributed by atoms with Gasteiger partial charge in [0.05, 0.1) is 24.8 Å². The predicted octanol–water partition coefficient (Wildman–Crippen LogP) is 1.13. The van der Waals surface area contributed by atoms with Crippen molar-refractivity contribution in [3.63, 3.8) is 0 Å². The zero-order chi connectivity index (χ0) is 14.8. The first-order valence-electron chi connectivity index (χ1n) is 7.29. The highest BCUT2D eigenvalue weighted by molar-refractivity contribution is 5.89. The van der Waals surface area contributed by atoms with Crippen LogP contribution in [0.25, 0.3) is 10.9 Å². The highest BCUT2D eigenvalue weighted by Crippen LogP contribution is 2.24. The maximum Gasteiger partial charge on any atom is 0.140 e. The van der Waals surface area contributed by atoms with Crippen molar-refractivity contribution in [3.8, 4) is 0 Å². The topological polar surface area (TPSA) is 69.0 Å². The molecule has 1 fully saturated rings. The van der Waals surface area contributed by atoms with E-state index in [-0.39, 0.29) is 6.10 Å². The summed E-state index contributed by atoms with van der Waals surface area (Å²) in [5, 5.41) is 5.21. The van der Waals surface area contributed by atoms with Crippen LogP contribution in [0.15, 0.2) is 43.2 Å². The second-order valence-electron chi connectivity index (χ2n) is 5.27. The molecule has 3 aromatic rings. The average Bonchev–Trinajstić information content (AvgIpc) is 3.07. The standard InChI is InChI=1S/C15H16N6O/c1-2-4-14-13(3-1)15(18-10-17-14)20-5-6-22-12(7-20)8-21-11-16-9-19-21/h1-4,9-12H,5-8H2/t12-/m0/s1. The maximum atomic E-state index is 5.84. The zero-order valence-corrected chi connectivity index (χ0v) is 12.0. The third-order valence-electron chi connectivity index (χ3n) is 3.82. The van der Waals surface area contributed by atoms with Crippen molar-refractivity contribution in [2.45, 2.75) is 12.6 Å². The molecule has 7 nitrogen and oxygen atoms in total. The van der Waals surface area contributed by atoms with Crippen LogP contribution in [0.2, 0.25) is 0 Å². The van der Waals surface area contributed by atoms with E-state index in [0.717, 1.165) is 29.8 Å². The van der Waals surface area contributed by atoms with Crippen molar-refractivity contribution < 1.29 is 4.74 Å². The lowest BCUT2D eigenvalue weighted by molar-refractivity contribution is 0.0272.